The van der Waals surface area contributed by atoms with E-state index in [-0.39, 0.29) is 18.3 Å². The number of aromatic nitrogens is 1. The number of hydrogen-bond acceptors (Lipinski definition) is 5. The van der Waals surface area contributed by atoms with Crippen LogP contribution < -0.4 is 4.90 Å². The summed E-state index contributed by atoms with van der Waals surface area (Å²) in [5.74, 6) is -0.775. The van der Waals surface area contributed by atoms with E-state index in [1.54, 1.807) is 23.2 Å². The highest BCUT2D eigenvalue weighted by Gasteiger charge is 2.37. The molecular weight excluding hydrogens is 348 g/mol. The van der Waals surface area contributed by atoms with E-state index in [4.69, 9.17) is 9.72 Å². The van der Waals surface area contributed by atoms with Crippen LogP contribution in [0, 0.1) is 5.92 Å². The molecule has 26 heavy (non-hydrogen) atoms. The van der Waals surface area contributed by atoms with Gasteiger partial charge in [0.05, 0.1) is 28.4 Å². The van der Waals surface area contributed by atoms with Crippen LogP contribution in [0.4, 0.5) is 5.69 Å². The first-order valence-electron chi connectivity index (χ1n) is 8.59. The Hall–Kier alpha value is -2.73. The number of esters is 1. The zero-order valence-corrected chi connectivity index (χ0v) is 15.2. The number of ether oxygens (including phenoxy) is 1. The lowest BCUT2D eigenvalue weighted by Crippen LogP contribution is -2.26. The SMILES string of the molecule is CCOC(=O)C1CC(=O)N(c2ccccc2-c2nc3ccccc3s2)C1. The molecule has 0 bridgehead atoms. The molecule has 0 N–H and O–H groups in total. The lowest BCUT2D eigenvalue weighted by atomic mass is 10.1. The van der Waals surface area contributed by atoms with E-state index in [1.807, 2.05) is 48.5 Å². The maximum atomic E-state index is 12.6. The topological polar surface area (TPSA) is 59.5 Å². The number of para-hydroxylation sites is 2. The number of amides is 1. The van der Waals surface area contributed by atoms with Crippen molar-refractivity contribution in [2.45, 2.75) is 13.3 Å². The minimum atomic E-state index is -0.411. The molecule has 1 fully saturated rings. The molecule has 1 atom stereocenters. The quantitative estimate of drug-likeness (QED) is 0.658. The van der Waals surface area contributed by atoms with Crippen molar-refractivity contribution < 1.29 is 14.3 Å². The smallest absolute Gasteiger partial charge is 0.311 e. The summed E-state index contributed by atoms with van der Waals surface area (Å²) in [6, 6.07) is 15.7. The van der Waals surface area contributed by atoms with Gasteiger partial charge < -0.3 is 9.64 Å². The van der Waals surface area contributed by atoms with E-state index in [9.17, 15) is 9.59 Å². The molecule has 0 aliphatic carbocycles. The highest BCUT2D eigenvalue weighted by atomic mass is 32.1. The Balaban J connectivity index is 1.70. The number of carbonyl (C=O) groups excluding carboxylic acids is 2. The van der Waals surface area contributed by atoms with Crippen LogP contribution in [0.25, 0.3) is 20.8 Å². The van der Waals surface area contributed by atoms with Gasteiger partial charge in [0, 0.05) is 18.5 Å². The van der Waals surface area contributed by atoms with Gasteiger partial charge >= 0.3 is 5.97 Å². The third kappa shape index (κ3) is 2.97. The fourth-order valence-corrected chi connectivity index (χ4v) is 4.24. The predicted molar refractivity (Wildman–Crippen MR) is 102 cm³/mol. The molecule has 1 amide bonds. The molecule has 0 radical (unpaired) electrons. The molecule has 3 aromatic rings. The van der Waals surface area contributed by atoms with E-state index in [2.05, 4.69) is 0 Å². The van der Waals surface area contributed by atoms with Gasteiger partial charge in [0.15, 0.2) is 0 Å². The highest BCUT2D eigenvalue weighted by molar-refractivity contribution is 7.21. The maximum absolute atomic E-state index is 12.6. The monoisotopic (exact) mass is 366 g/mol. The molecule has 0 spiro atoms. The average Bonchev–Trinajstić information content (AvgIpc) is 3.25. The van der Waals surface area contributed by atoms with Gasteiger partial charge in [-0.25, -0.2) is 4.98 Å². The lowest BCUT2D eigenvalue weighted by Gasteiger charge is -2.19. The molecule has 5 nitrogen and oxygen atoms in total. The van der Waals surface area contributed by atoms with Crippen molar-refractivity contribution in [1.29, 1.82) is 0 Å². The maximum Gasteiger partial charge on any atom is 0.311 e. The fraction of sp³-hybridized carbons (Fsp3) is 0.250. The number of anilines is 1. The molecular formula is C20H18N2O3S. The van der Waals surface area contributed by atoms with Gasteiger partial charge in [-0.1, -0.05) is 24.3 Å². The molecule has 1 aliphatic heterocycles. The third-order valence-electron chi connectivity index (χ3n) is 4.46. The van der Waals surface area contributed by atoms with Crippen LogP contribution in [0.5, 0.6) is 0 Å². The Morgan fingerprint density at radius 2 is 2.00 bits per heavy atom. The Morgan fingerprint density at radius 3 is 2.81 bits per heavy atom. The first kappa shape index (κ1) is 16.7. The van der Waals surface area contributed by atoms with Gasteiger partial charge in [-0.2, -0.15) is 0 Å². The van der Waals surface area contributed by atoms with E-state index >= 15 is 0 Å². The lowest BCUT2D eigenvalue weighted by molar-refractivity contribution is -0.147. The summed E-state index contributed by atoms with van der Waals surface area (Å²) in [5, 5.41) is 0.870. The highest BCUT2D eigenvalue weighted by Crippen LogP contribution is 2.38. The number of fused-ring (bicyclic) bond motifs is 1. The number of rotatable bonds is 4. The normalized spacial score (nSPS) is 17.0. The first-order chi connectivity index (χ1) is 12.7. The molecule has 132 valence electrons. The van der Waals surface area contributed by atoms with Crippen LogP contribution in [-0.4, -0.2) is 30.0 Å². The number of carbonyl (C=O) groups is 2. The minimum Gasteiger partial charge on any atom is -0.466 e. The molecule has 2 heterocycles. The largest absolute Gasteiger partial charge is 0.466 e. The summed E-state index contributed by atoms with van der Waals surface area (Å²) >= 11 is 1.60. The summed E-state index contributed by atoms with van der Waals surface area (Å²) in [4.78, 5) is 31.0. The van der Waals surface area contributed by atoms with E-state index in [1.165, 1.54) is 0 Å². The third-order valence-corrected chi connectivity index (χ3v) is 5.53. The van der Waals surface area contributed by atoms with Crippen LogP contribution in [0.1, 0.15) is 13.3 Å². The summed E-state index contributed by atoms with van der Waals surface area (Å²) in [7, 11) is 0. The second kappa shape index (κ2) is 6.88. The number of thiazole rings is 1. The van der Waals surface area contributed by atoms with Gasteiger partial charge in [0.2, 0.25) is 5.91 Å². The van der Waals surface area contributed by atoms with Crippen molar-refractivity contribution >= 4 is 39.1 Å². The second-order valence-electron chi connectivity index (χ2n) is 6.16. The van der Waals surface area contributed by atoms with Gasteiger partial charge in [0.25, 0.3) is 0 Å². The number of benzene rings is 2. The standard InChI is InChI=1S/C20H18N2O3S/c1-2-25-20(24)13-11-18(23)22(12-13)16-9-5-3-7-14(16)19-21-15-8-4-6-10-17(15)26-19/h3-10,13H,2,11-12H2,1H3. The van der Waals surface area contributed by atoms with E-state index < -0.39 is 5.92 Å². The van der Waals surface area contributed by atoms with Crippen molar-refractivity contribution in [3.63, 3.8) is 0 Å². The predicted octanol–water partition coefficient (Wildman–Crippen LogP) is 3.88. The fourth-order valence-electron chi connectivity index (χ4n) is 3.24. The van der Waals surface area contributed by atoms with Crippen LogP contribution in [0.2, 0.25) is 0 Å². The van der Waals surface area contributed by atoms with Crippen LogP contribution in [0.15, 0.2) is 48.5 Å². The van der Waals surface area contributed by atoms with Crippen LogP contribution >= 0.6 is 11.3 Å². The van der Waals surface area contributed by atoms with Crippen molar-refractivity contribution in [1.82, 2.24) is 4.98 Å². The molecule has 4 rings (SSSR count). The van der Waals surface area contributed by atoms with E-state index in [0.29, 0.717) is 13.2 Å². The molecule has 1 unspecified atom stereocenters. The van der Waals surface area contributed by atoms with E-state index in [0.717, 1.165) is 26.5 Å². The Labute approximate surface area is 155 Å². The van der Waals surface area contributed by atoms with Crippen molar-refractivity contribution in [2.75, 3.05) is 18.1 Å². The van der Waals surface area contributed by atoms with Crippen LogP contribution in [0.3, 0.4) is 0 Å². The molecule has 1 aliphatic rings. The van der Waals surface area contributed by atoms with Crippen molar-refractivity contribution in [2.24, 2.45) is 5.92 Å². The molecule has 0 saturated carbocycles. The second-order valence-corrected chi connectivity index (χ2v) is 7.19. The first-order valence-corrected chi connectivity index (χ1v) is 9.41. The molecule has 2 aromatic carbocycles. The van der Waals surface area contributed by atoms with Crippen molar-refractivity contribution in [3.8, 4) is 10.6 Å². The summed E-state index contributed by atoms with van der Waals surface area (Å²) in [6.45, 7) is 2.44. The molecule has 1 saturated heterocycles. The zero-order valence-electron chi connectivity index (χ0n) is 14.3. The summed E-state index contributed by atoms with van der Waals surface area (Å²) in [6.07, 6.45) is 0.188. The molecule has 1 aromatic heterocycles. The van der Waals surface area contributed by atoms with Gasteiger partial charge in [-0.15, -0.1) is 11.3 Å². The zero-order chi connectivity index (χ0) is 18.1. The van der Waals surface area contributed by atoms with Gasteiger partial charge in [-0.05, 0) is 31.2 Å². The van der Waals surface area contributed by atoms with Gasteiger partial charge in [0.1, 0.15) is 5.01 Å². The van der Waals surface area contributed by atoms with Gasteiger partial charge in [-0.3, -0.25) is 9.59 Å². The minimum absolute atomic E-state index is 0.0587. The number of hydrogen-bond donors (Lipinski definition) is 0. The Kier molecular flexibility index (Phi) is 4.42. The summed E-state index contributed by atoms with van der Waals surface area (Å²) < 4.78 is 6.19. The molecule has 6 heteroatoms. The Bertz CT molecular complexity index is 949. The number of nitrogens with zero attached hydrogens (tertiary/aromatic N) is 2. The Morgan fingerprint density at radius 1 is 1.23 bits per heavy atom. The summed E-state index contributed by atoms with van der Waals surface area (Å²) in [5.41, 5.74) is 2.65. The van der Waals surface area contributed by atoms with Crippen LogP contribution in [-0.2, 0) is 14.3 Å². The average molecular weight is 366 g/mol. The van der Waals surface area contributed by atoms with Crippen molar-refractivity contribution in [3.05, 3.63) is 48.5 Å².